The number of amides is 2. The van der Waals surface area contributed by atoms with Crippen LogP contribution in [0.5, 0.6) is 0 Å². The first-order valence-electron chi connectivity index (χ1n) is 8.81. The molecule has 144 valence electrons. The molecule has 1 aliphatic rings. The van der Waals surface area contributed by atoms with Crippen LogP contribution < -0.4 is 10.9 Å². The molecule has 2 aromatic rings. The van der Waals surface area contributed by atoms with Gasteiger partial charge in [0.15, 0.2) is 0 Å². The number of hydrogen-bond donors (Lipinski definition) is 3. The Labute approximate surface area is 161 Å². The summed E-state index contributed by atoms with van der Waals surface area (Å²) in [6.07, 6.45) is -0.129. The van der Waals surface area contributed by atoms with Gasteiger partial charge in [0.05, 0.1) is 5.56 Å². The third-order valence-electron chi connectivity index (χ3n) is 5.07. The molecule has 0 aromatic carbocycles. The number of nitrogens with one attached hydrogen (secondary N) is 2. The van der Waals surface area contributed by atoms with E-state index in [1.165, 1.54) is 16.2 Å². The predicted molar refractivity (Wildman–Crippen MR) is 104 cm³/mol. The number of pyridine rings is 1. The van der Waals surface area contributed by atoms with Gasteiger partial charge in [0, 0.05) is 47.1 Å². The number of rotatable bonds is 4. The zero-order chi connectivity index (χ0) is 19.7. The molecule has 1 atom stereocenters. The summed E-state index contributed by atoms with van der Waals surface area (Å²) in [4.78, 5) is 41.0. The summed E-state index contributed by atoms with van der Waals surface area (Å²) in [5.41, 5.74) is 3.48. The van der Waals surface area contributed by atoms with Gasteiger partial charge >= 0.3 is 6.09 Å². The molecule has 7 nitrogen and oxygen atoms in total. The van der Waals surface area contributed by atoms with Crippen molar-refractivity contribution in [1.82, 2.24) is 15.2 Å². The van der Waals surface area contributed by atoms with Gasteiger partial charge in [-0.2, -0.15) is 0 Å². The average molecular weight is 389 g/mol. The van der Waals surface area contributed by atoms with Crippen LogP contribution in [0.25, 0.3) is 0 Å². The fraction of sp³-hybridized carbons (Fsp3) is 0.421. The summed E-state index contributed by atoms with van der Waals surface area (Å²) >= 11 is 1.50. The molecule has 0 saturated carbocycles. The lowest BCUT2D eigenvalue weighted by atomic mass is 10.0. The molecule has 0 spiro atoms. The summed E-state index contributed by atoms with van der Waals surface area (Å²) in [6.45, 7) is 6.73. The lowest BCUT2D eigenvalue weighted by Crippen LogP contribution is -2.28. The monoisotopic (exact) mass is 389 g/mol. The van der Waals surface area contributed by atoms with Crippen molar-refractivity contribution in [3.8, 4) is 0 Å². The van der Waals surface area contributed by atoms with E-state index in [-0.39, 0.29) is 23.9 Å². The molecule has 8 heteroatoms. The molecule has 0 aliphatic carbocycles. The minimum atomic E-state index is -0.900. The van der Waals surface area contributed by atoms with Crippen LogP contribution in [0, 0.1) is 20.8 Å². The number of carboxylic acid groups (broad SMARTS) is 1. The van der Waals surface area contributed by atoms with Crippen LogP contribution >= 0.6 is 11.3 Å². The lowest BCUT2D eigenvalue weighted by molar-refractivity contribution is 0.0950. The molecule has 3 heterocycles. The van der Waals surface area contributed by atoms with E-state index in [2.05, 4.69) is 10.3 Å². The van der Waals surface area contributed by atoms with Crippen LogP contribution in [0.1, 0.15) is 50.0 Å². The Morgan fingerprint density at radius 1 is 1.37 bits per heavy atom. The van der Waals surface area contributed by atoms with Gasteiger partial charge in [-0.15, -0.1) is 11.3 Å². The highest BCUT2D eigenvalue weighted by Gasteiger charge is 2.30. The van der Waals surface area contributed by atoms with Gasteiger partial charge in [-0.3, -0.25) is 9.59 Å². The van der Waals surface area contributed by atoms with Crippen molar-refractivity contribution >= 4 is 23.3 Å². The summed E-state index contributed by atoms with van der Waals surface area (Å²) in [7, 11) is 0. The maximum atomic E-state index is 12.6. The van der Waals surface area contributed by atoms with Crippen LogP contribution in [0.4, 0.5) is 4.79 Å². The second-order valence-corrected chi connectivity index (χ2v) is 7.89. The summed E-state index contributed by atoms with van der Waals surface area (Å²) < 4.78 is 0. The maximum absolute atomic E-state index is 12.6. The van der Waals surface area contributed by atoms with Crippen molar-refractivity contribution in [3.63, 3.8) is 0 Å². The standard InChI is InChI=1S/C19H23N3O4S/c1-10-6-11(2)21-18(24)14(10)7-20-17(23)15-9-27-16(12(15)3)13-4-5-22(8-13)19(25)26/h6,9,13H,4-5,7-8H2,1-3H3,(H,20,23)(H,21,24)(H,25,26). The van der Waals surface area contributed by atoms with E-state index in [9.17, 15) is 14.4 Å². The largest absolute Gasteiger partial charge is 0.465 e. The van der Waals surface area contributed by atoms with E-state index >= 15 is 0 Å². The Bertz CT molecular complexity index is 947. The fourth-order valence-corrected chi connectivity index (χ4v) is 4.77. The zero-order valence-electron chi connectivity index (χ0n) is 15.6. The van der Waals surface area contributed by atoms with Crippen molar-refractivity contribution in [2.75, 3.05) is 13.1 Å². The van der Waals surface area contributed by atoms with E-state index < -0.39 is 6.09 Å². The molecular weight excluding hydrogens is 366 g/mol. The average Bonchev–Trinajstić information content (AvgIpc) is 3.20. The molecule has 3 rings (SSSR count). The number of aromatic amines is 1. The van der Waals surface area contributed by atoms with Gasteiger partial charge in [-0.05, 0) is 44.4 Å². The molecule has 1 saturated heterocycles. The number of aryl methyl sites for hydroxylation is 2. The molecular formula is C19H23N3O4S. The Hall–Kier alpha value is -2.61. The van der Waals surface area contributed by atoms with Crippen LogP contribution in [-0.2, 0) is 6.54 Å². The maximum Gasteiger partial charge on any atom is 0.407 e. The number of H-pyrrole nitrogens is 1. The highest BCUT2D eigenvalue weighted by atomic mass is 32.1. The molecule has 3 N–H and O–H groups in total. The third-order valence-corrected chi connectivity index (χ3v) is 6.32. The van der Waals surface area contributed by atoms with Gasteiger partial charge in [0.2, 0.25) is 0 Å². The predicted octanol–water partition coefficient (Wildman–Crippen LogP) is 2.76. The molecule has 0 bridgehead atoms. The van der Waals surface area contributed by atoms with E-state index in [1.807, 2.05) is 32.2 Å². The first-order chi connectivity index (χ1) is 12.8. The van der Waals surface area contributed by atoms with E-state index in [1.54, 1.807) is 0 Å². The second kappa shape index (κ2) is 7.56. The first-order valence-corrected chi connectivity index (χ1v) is 9.69. The molecule has 27 heavy (non-hydrogen) atoms. The van der Waals surface area contributed by atoms with Crippen LogP contribution in [0.2, 0.25) is 0 Å². The second-order valence-electron chi connectivity index (χ2n) is 6.98. The lowest BCUT2D eigenvalue weighted by Gasteiger charge is -2.12. The van der Waals surface area contributed by atoms with Crippen LogP contribution in [-0.4, -0.2) is 40.1 Å². The summed E-state index contributed by atoms with van der Waals surface area (Å²) in [6, 6.07) is 1.88. The molecule has 2 aromatic heterocycles. The van der Waals surface area contributed by atoms with Crippen molar-refractivity contribution in [3.05, 3.63) is 54.6 Å². The fourth-order valence-electron chi connectivity index (χ4n) is 3.57. The van der Waals surface area contributed by atoms with Gasteiger partial charge < -0.3 is 20.3 Å². The SMILES string of the molecule is Cc1cc(C)c(CNC(=O)c2csc(C3CCN(C(=O)O)C3)c2C)c(=O)[nH]1. The van der Waals surface area contributed by atoms with Gasteiger partial charge in [0.1, 0.15) is 0 Å². The quantitative estimate of drug-likeness (QED) is 0.748. The molecule has 0 radical (unpaired) electrons. The van der Waals surface area contributed by atoms with Gasteiger partial charge in [-0.25, -0.2) is 4.79 Å². The number of carbonyl (C=O) groups is 2. The molecule has 1 unspecified atom stereocenters. The molecule has 1 fully saturated rings. The van der Waals surface area contributed by atoms with Crippen molar-refractivity contribution in [1.29, 1.82) is 0 Å². The van der Waals surface area contributed by atoms with Crippen LogP contribution in [0.15, 0.2) is 16.2 Å². The number of aromatic nitrogens is 1. The Kier molecular flexibility index (Phi) is 5.36. The highest BCUT2D eigenvalue weighted by Crippen LogP contribution is 2.35. The van der Waals surface area contributed by atoms with Gasteiger partial charge in [0.25, 0.3) is 11.5 Å². The number of carbonyl (C=O) groups excluding carboxylic acids is 1. The van der Waals surface area contributed by atoms with Crippen molar-refractivity contribution in [2.24, 2.45) is 0 Å². The van der Waals surface area contributed by atoms with E-state index in [0.717, 1.165) is 28.1 Å². The van der Waals surface area contributed by atoms with Crippen molar-refractivity contribution < 1.29 is 14.7 Å². The van der Waals surface area contributed by atoms with Crippen molar-refractivity contribution in [2.45, 2.75) is 39.7 Å². The third kappa shape index (κ3) is 3.90. The van der Waals surface area contributed by atoms with Gasteiger partial charge in [-0.1, -0.05) is 0 Å². The highest BCUT2D eigenvalue weighted by molar-refractivity contribution is 7.10. The molecule has 1 aliphatic heterocycles. The summed E-state index contributed by atoms with van der Waals surface area (Å²) in [5.74, 6) is -0.0858. The minimum Gasteiger partial charge on any atom is -0.465 e. The molecule has 2 amide bonds. The minimum absolute atomic E-state index is 0.134. The number of hydrogen-bond acceptors (Lipinski definition) is 4. The topological polar surface area (TPSA) is 102 Å². The smallest absolute Gasteiger partial charge is 0.407 e. The number of likely N-dealkylation sites (tertiary alicyclic amines) is 1. The normalized spacial score (nSPS) is 16.6. The zero-order valence-corrected chi connectivity index (χ0v) is 16.4. The van der Waals surface area contributed by atoms with E-state index in [0.29, 0.717) is 24.2 Å². The summed E-state index contributed by atoms with van der Waals surface area (Å²) in [5, 5.41) is 13.8. The number of nitrogens with zero attached hydrogens (tertiary/aromatic N) is 1. The van der Waals surface area contributed by atoms with Crippen LogP contribution in [0.3, 0.4) is 0 Å². The van der Waals surface area contributed by atoms with E-state index in [4.69, 9.17) is 5.11 Å². The number of thiophene rings is 1. The first kappa shape index (κ1) is 19.2. The Morgan fingerprint density at radius 2 is 2.11 bits per heavy atom. The Balaban J connectivity index is 1.71. The Morgan fingerprint density at radius 3 is 2.74 bits per heavy atom.